The van der Waals surface area contributed by atoms with Gasteiger partial charge in [0, 0.05) is 24.7 Å². The number of fused-ring (bicyclic) bond motifs is 1. The van der Waals surface area contributed by atoms with Gasteiger partial charge in [-0.25, -0.2) is 22.2 Å². The van der Waals surface area contributed by atoms with E-state index in [4.69, 9.17) is 4.74 Å². The molecule has 7 nitrogen and oxygen atoms in total. The Kier molecular flexibility index (Phi) is 5.53. The van der Waals surface area contributed by atoms with E-state index in [1.165, 1.54) is 16.4 Å². The molecule has 158 valence electrons. The van der Waals surface area contributed by atoms with E-state index in [9.17, 15) is 22.0 Å². The SMILES string of the molecule is Cc1ccc(C(=O)Nc2nc3cc(F)c(F)cc3s2)cc1S(=O)(=O)N1CCOCC1. The number of morpholine rings is 1. The largest absolute Gasteiger partial charge is 0.379 e. The summed E-state index contributed by atoms with van der Waals surface area (Å²) < 4.78 is 59.6. The fourth-order valence-electron chi connectivity index (χ4n) is 3.09. The fourth-order valence-corrected chi connectivity index (χ4v) is 5.62. The van der Waals surface area contributed by atoms with Gasteiger partial charge in [-0.15, -0.1) is 0 Å². The zero-order valence-corrected chi connectivity index (χ0v) is 17.4. The number of thiazole rings is 1. The molecular formula is C19H17F2N3O4S2. The number of halogens is 2. The first-order valence-corrected chi connectivity index (χ1v) is 11.3. The summed E-state index contributed by atoms with van der Waals surface area (Å²) >= 11 is 0.989. The molecule has 1 saturated heterocycles. The number of hydrogen-bond donors (Lipinski definition) is 1. The van der Waals surface area contributed by atoms with Crippen molar-refractivity contribution in [3.63, 3.8) is 0 Å². The van der Waals surface area contributed by atoms with Crippen molar-refractivity contribution in [3.8, 4) is 0 Å². The molecule has 4 rings (SSSR count). The van der Waals surface area contributed by atoms with Crippen LogP contribution in [-0.2, 0) is 14.8 Å². The number of rotatable bonds is 4. The number of nitrogens with one attached hydrogen (secondary N) is 1. The van der Waals surface area contributed by atoms with Crippen LogP contribution in [0.4, 0.5) is 13.9 Å². The maximum absolute atomic E-state index is 13.4. The Hall–Kier alpha value is -2.47. The van der Waals surface area contributed by atoms with Crippen LogP contribution in [-0.4, -0.2) is 49.9 Å². The highest BCUT2D eigenvalue weighted by molar-refractivity contribution is 7.89. The molecule has 2 aromatic carbocycles. The highest BCUT2D eigenvalue weighted by atomic mass is 32.2. The van der Waals surface area contributed by atoms with E-state index in [0.717, 1.165) is 23.5 Å². The van der Waals surface area contributed by atoms with Gasteiger partial charge in [-0.05, 0) is 30.7 Å². The molecule has 1 amide bonds. The van der Waals surface area contributed by atoms with Gasteiger partial charge >= 0.3 is 0 Å². The van der Waals surface area contributed by atoms with Crippen LogP contribution in [0.1, 0.15) is 15.9 Å². The molecule has 3 aromatic rings. The van der Waals surface area contributed by atoms with Crippen molar-refractivity contribution < 1.29 is 26.7 Å². The molecule has 11 heteroatoms. The van der Waals surface area contributed by atoms with Crippen molar-refractivity contribution in [2.24, 2.45) is 0 Å². The quantitative estimate of drug-likeness (QED) is 0.656. The lowest BCUT2D eigenvalue weighted by atomic mass is 10.1. The number of nitrogens with zero attached hydrogens (tertiary/aromatic N) is 2. The van der Waals surface area contributed by atoms with Gasteiger partial charge in [0.25, 0.3) is 5.91 Å². The second-order valence-corrected chi connectivity index (χ2v) is 9.64. The summed E-state index contributed by atoms with van der Waals surface area (Å²) in [5.41, 5.74) is 0.863. The Morgan fingerprint density at radius 2 is 1.87 bits per heavy atom. The van der Waals surface area contributed by atoms with Crippen molar-refractivity contribution >= 4 is 42.6 Å². The van der Waals surface area contributed by atoms with E-state index in [0.29, 0.717) is 23.5 Å². The van der Waals surface area contributed by atoms with Crippen molar-refractivity contribution in [1.29, 1.82) is 0 Å². The first-order chi connectivity index (χ1) is 14.3. The Labute approximate surface area is 175 Å². The van der Waals surface area contributed by atoms with Gasteiger partial charge in [0.15, 0.2) is 16.8 Å². The topological polar surface area (TPSA) is 88.6 Å². The van der Waals surface area contributed by atoms with Crippen LogP contribution in [0.25, 0.3) is 10.2 Å². The summed E-state index contributed by atoms with van der Waals surface area (Å²) in [6, 6.07) is 6.36. The number of sulfonamides is 1. The molecule has 1 fully saturated rings. The van der Waals surface area contributed by atoms with Crippen molar-refractivity contribution in [3.05, 3.63) is 53.1 Å². The van der Waals surface area contributed by atoms with Gasteiger partial charge in [0.2, 0.25) is 10.0 Å². The molecule has 0 atom stereocenters. The molecule has 0 spiro atoms. The Morgan fingerprint density at radius 1 is 1.17 bits per heavy atom. The second kappa shape index (κ2) is 7.99. The average molecular weight is 453 g/mol. The highest BCUT2D eigenvalue weighted by Gasteiger charge is 2.28. The Morgan fingerprint density at radius 3 is 2.60 bits per heavy atom. The summed E-state index contributed by atoms with van der Waals surface area (Å²) in [5.74, 6) is -2.60. The number of amides is 1. The zero-order valence-electron chi connectivity index (χ0n) is 15.8. The van der Waals surface area contributed by atoms with E-state index in [1.54, 1.807) is 13.0 Å². The number of carbonyl (C=O) groups excluding carboxylic acids is 1. The van der Waals surface area contributed by atoms with Crippen LogP contribution in [0.2, 0.25) is 0 Å². The highest BCUT2D eigenvalue weighted by Crippen LogP contribution is 2.29. The van der Waals surface area contributed by atoms with Gasteiger partial charge < -0.3 is 4.74 Å². The number of carbonyl (C=O) groups is 1. The van der Waals surface area contributed by atoms with Crippen LogP contribution in [0, 0.1) is 18.6 Å². The van der Waals surface area contributed by atoms with E-state index >= 15 is 0 Å². The number of ether oxygens (including phenoxy) is 1. The third-order valence-electron chi connectivity index (χ3n) is 4.69. The van der Waals surface area contributed by atoms with E-state index < -0.39 is 27.6 Å². The number of aromatic nitrogens is 1. The third-order valence-corrected chi connectivity index (χ3v) is 7.66. The zero-order chi connectivity index (χ0) is 21.5. The van der Waals surface area contributed by atoms with Crippen LogP contribution >= 0.6 is 11.3 Å². The fraction of sp³-hybridized carbons (Fsp3) is 0.263. The summed E-state index contributed by atoms with van der Waals surface area (Å²) in [7, 11) is -3.77. The first kappa shape index (κ1) is 20.8. The second-order valence-electron chi connectivity index (χ2n) is 6.70. The van der Waals surface area contributed by atoms with Gasteiger partial charge in [-0.1, -0.05) is 17.4 Å². The molecular weight excluding hydrogens is 436 g/mol. The van der Waals surface area contributed by atoms with E-state index in [2.05, 4.69) is 10.3 Å². The van der Waals surface area contributed by atoms with Crippen molar-refractivity contribution in [2.75, 3.05) is 31.6 Å². The van der Waals surface area contributed by atoms with Crippen LogP contribution in [0.5, 0.6) is 0 Å². The van der Waals surface area contributed by atoms with Crippen LogP contribution < -0.4 is 5.32 Å². The summed E-state index contributed by atoms with van der Waals surface area (Å²) in [5, 5.41) is 2.71. The Bertz CT molecular complexity index is 1200. The van der Waals surface area contributed by atoms with E-state index in [-0.39, 0.29) is 34.2 Å². The Balaban J connectivity index is 1.61. The predicted molar refractivity (Wildman–Crippen MR) is 108 cm³/mol. The molecule has 1 aromatic heterocycles. The predicted octanol–water partition coefficient (Wildman–Crippen LogP) is 3.16. The smallest absolute Gasteiger partial charge is 0.257 e. The molecule has 1 aliphatic rings. The molecule has 30 heavy (non-hydrogen) atoms. The molecule has 1 aliphatic heterocycles. The van der Waals surface area contributed by atoms with Gasteiger partial charge in [0.1, 0.15) is 0 Å². The maximum Gasteiger partial charge on any atom is 0.257 e. The van der Waals surface area contributed by atoms with Gasteiger partial charge in [-0.3, -0.25) is 10.1 Å². The maximum atomic E-state index is 13.4. The van der Waals surface area contributed by atoms with Crippen molar-refractivity contribution in [1.82, 2.24) is 9.29 Å². The van der Waals surface area contributed by atoms with Gasteiger partial charge in [-0.2, -0.15) is 4.31 Å². The average Bonchev–Trinajstić information content (AvgIpc) is 3.09. The lowest BCUT2D eigenvalue weighted by Gasteiger charge is -2.26. The summed E-state index contributed by atoms with van der Waals surface area (Å²) in [6.45, 7) is 2.79. The molecule has 0 aliphatic carbocycles. The lowest BCUT2D eigenvalue weighted by molar-refractivity contribution is 0.0730. The first-order valence-electron chi connectivity index (χ1n) is 9.01. The molecule has 0 unspecified atom stereocenters. The third kappa shape index (κ3) is 3.93. The number of benzene rings is 2. The van der Waals surface area contributed by atoms with E-state index in [1.807, 2.05) is 0 Å². The molecule has 1 N–H and O–H groups in total. The molecule has 0 radical (unpaired) electrons. The minimum atomic E-state index is -3.77. The lowest BCUT2D eigenvalue weighted by Crippen LogP contribution is -2.40. The minimum Gasteiger partial charge on any atom is -0.379 e. The van der Waals surface area contributed by atoms with Gasteiger partial charge in [0.05, 0.1) is 28.3 Å². The monoisotopic (exact) mass is 453 g/mol. The van der Waals surface area contributed by atoms with Crippen LogP contribution in [0.15, 0.2) is 35.2 Å². The molecule has 0 bridgehead atoms. The summed E-state index contributed by atoms with van der Waals surface area (Å²) in [6.07, 6.45) is 0. The van der Waals surface area contributed by atoms with Crippen molar-refractivity contribution in [2.45, 2.75) is 11.8 Å². The summed E-state index contributed by atoms with van der Waals surface area (Å²) in [4.78, 5) is 16.8. The molecule has 0 saturated carbocycles. The number of aryl methyl sites for hydroxylation is 1. The number of hydrogen-bond acceptors (Lipinski definition) is 6. The normalized spacial score (nSPS) is 15.4. The minimum absolute atomic E-state index is 0.0468. The molecule has 2 heterocycles. The van der Waals surface area contributed by atoms with Crippen LogP contribution in [0.3, 0.4) is 0 Å². The standard InChI is InChI=1S/C19H17F2N3O4S2/c1-11-2-3-12(8-17(11)30(26,27)24-4-6-28-7-5-24)18(25)23-19-22-15-9-13(20)14(21)10-16(15)29-19/h2-3,8-10H,4-7H2,1H3,(H,22,23,25). The number of anilines is 1.